The van der Waals surface area contributed by atoms with E-state index in [9.17, 15) is 4.79 Å². The van der Waals surface area contributed by atoms with Crippen LogP contribution in [0.2, 0.25) is 0 Å². The highest BCUT2D eigenvalue weighted by atomic mass is 16.5. The van der Waals surface area contributed by atoms with Crippen LogP contribution in [0.15, 0.2) is 24.3 Å². The number of rotatable bonds is 6. The van der Waals surface area contributed by atoms with Crippen LogP contribution in [0.3, 0.4) is 0 Å². The van der Waals surface area contributed by atoms with Crippen molar-refractivity contribution in [3.8, 4) is 11.5 Å². The van der Waals surface area contributed by atoms with E-state index in [1.165, 1.54) is 0 Å². The monoisotopic (exact) mass is 369 g/mol. The highest BCUT2D eigenvalue weighted by Crippen LogP contribution is 2.28. The van der Waals surface area contributed by atoms with E-state index in [0.29, 0.717) is 30.4 Å². The van der Waals surface area contributed by atoms with Gasteiger partial charge in [-0.2, -0.15) is 4.98 Å². The molecular weight excluding hydrogens is 346 g/mol. The lowest BCUT2D eigenvalue weighted by Crippen LogP contribution is -2.31. The predicted octanol–water partition coefficient (Wildman–Crippen LogP) is 2.42. The van der Waals surface area contributed by atoms with Crippen molar-refractivity contribution in [1.29, 1.82) is 0 Å². The first-order chi connectivity index (χ1) is 13.0. The third kappa shape index (κ3) is 3.69. The van der Waals surface area contributed by atoms with Gasteiger partial charge in [0, 0.05) is 24.5 Å². The third-order valence-corrected chi connectivity index (χ3v) is 4.30. The molecule has 27 heavy (non-hydrogen) atoms. The van der Waals surface area contributed by atoms with Gasteiger partial charge in [0.05, 0.1) is 14.2 Å². The molecule has 1 aromatic carbocycles. The molecule has 2 aromatic heterocycles. The fourth-order valence-corrected chi connectivity index (χ4v) is 2.92. The van der Waals surface area contributed by atoms with Gasteiger partial charge in [0.25, 0.3) is 11.7 Å². The minimum absolute atomic E-state index is 0.138. The van der Waals surface area contributed by atoms with E-state index in [2.05, 4.69) is 15.1 Å². The van der Waals surface area contributed by atoms with Crippen molar-refractivity contribution in [2.24, 2.45) is 0 Å². The average Bonchev–Trinajstić information content (AvgIpc) is 3.09. The molecule has 0 aliphatic carbocycles. The molecule has 0 spiro atoms. The van der Waals surface area contributed by atoms with Crippen LogP contribution in [0.25, 0.3) is 5.78 Å². The fraction of sp³-hybridized carbons (Fsp3) is 0.368. The summed E-state index contributed by atoms with van der Waals surface area (Å²) in [7, 11) is 3.18. The van der Waals surface area contributed by atoms with Crippen molar-refractivity contribution >= 4 is 11.7 Å². The zero-order chi connectivity index (χ0) is 19.6. The van der Waals surface area contributed by atoms with Crippen LogP contribution in [0, 0.1) is 13.8 Å². The number of benzene rings is 1. The maximum atomic E-state index is 12.9. The van der Waals surface area contributed by atoms with Crippen LogP contribution in [-0.4, -0.2) is 51.2 Å². The maximum Gasteiger partial charge on any atom is 0.293 e. The van der Waals surface area contributed by atoms with Gasteiger partial charge in [0.1, 0.15) is 0 Å². The fourth-order valence-electron chi connectivity index (χ4n) is 2.92. The second kappa shape index (κ2) is 7.61. The summed E-state index contributed by atoms with van der Waals surface area (Å²) in [6.07, 6.45) is 0. The average molecular weight is 369 g/mol. The van der Waals surface area contributed by atoms with Crippen molar-refractivity contribution in [1.82, 2.24) is 24.5 Å². The highest BCUT2D eigenvalue weighted by Gasteiger charge is 2.21. The number of hydrogen-bond acceptors (Lipinski definition) is 6. The van der Waals surface area contributed by atoms with Crippen LogP contribution >= 0.6 is 0 Å². The van der Waals surface area contributed by atoms with E-state index in [1.54, 1.807) is 23.6 Å². The molecule has 0 aliphatic heterocycles. The van der Waals surface area contributed by atoms with Crippen LogP contribution in [0.4, 0.5) is 0 Å². The summed E-state index contributed by atoms with van der Waals surface area (Å²) in [6, 6.07) is 7.49. The Kier molecular flexibility index (Phi) is 5.25. The first kappa shape index (κ1) is 18.6. The standard InChI is InChI=1S/C19H23N5O3/c1-6-23(11-14-7-8-15(26-4)16(10-14)27-5)18(25)17-21-19-20-12(2)9-13(3)24(19)22-17/h7-10H,6,11H2,1-5H3. The second-order valence-corrected chi connectivity index (χ2v) is 6.19. The van der Waals surface area contributed by atoms with Crippen molar-refractivity contribution in [3.63, 3.8) is 0 Å². The van der Waals surface area contributed by atoms with Crippen LogP contribution in [-0.2, 0) is 6.54 Å². The van der Waals surface area contributed by atoms with Gasteiger partial charge < -0.3 is 14.4 Å². The van der Waals surface area contributed by atoms with Crippen LogP contribution < -0.4 is 9.47 Å². The number of ether oxygens (including phenoxy) is 2. The topological polar surface area (TPSA) is 81.9 Å². The number of carbonyl (C=O) groups excluding carboxylic acids is 1. The quantitative estimate of drug-likeness (QED) is 0.664. The van der Waals surface area contributed by atoms with Gasteiger partial charge >= 0.3 is 0 Å². The summed E-state index contributed by atoms with van der Waals surface area (Å²) in [6.45, 7) is 6.65. The molecule has 3 rings (SSSR count). The molecule has 0 fully saturated rings. The normalized spacial score (nSPS) is 10.9. The molecule has 8 nitrogen and oxygen atoms in total. The van der Waals surface area contributed by atoms with E-state index in [1.807, 2.05) is 45.0 Å². The SMILES string of the molecule is CCN(Cc1ccc(OC)c(OC)c1)C(=O)c1nc2nc(C)cc(C)n2n1. The summed E-state index contributed by atoms with van der Waals surface area (Å²) in [5.74, 6) is 1.60. The predicted molar refractivity (Wildman–Crippen MR) is 100 cm³/mol. The largest absolute Gasteiger partial charge is 0.493 e. The zero-order valence-electron chi connectivity index (χ0n) is 16.2. The Balaban J connectivity index is 1.87. The molecule has 0 saturated heterocycles. The number of methoxy groups -OCH3 is 2. The van der Waals surface area contributed by atoms with Gasteiger partial charge in [-0.05, 0) is 44.5 Å². The molecule has 2 heterocycles. The molecular formula is C19H23N5O3. The van der Waals surface area contributed by atoms with Gasteiger partial charge in [-0.25, -0.2) is 9.50 Å². The van der Waals surface area contributed by atoms with Gasteiger partial charge in [0.15, 0.2) is 11.5 Å². The van der Waals surface area contributed by atoms with Gasteiger partial charge in [-0.3, -0.25) is 4.79 Å². The summed E-state index contributed by atoms with van der Waals surface area (Å²) in [5.41, 5.74) is 2.65. The number of fused-ring (bicyclic) bond motifs is 1. The lowest BCUT2D eigenvalue weighted by molar-refractivity contribution is 0.0740. The molecule has 0 atom stereocenters. The Morgan fingerprint density at radius 2 is 1.85 bits per heavy atom. The highest BCUT2D eigenvalue weighted by molar-refractivity contribution is 5.90. The minimum Gasteiger partial charge on any atom is -0.493 e. The van der Waals surface area contributed by atoms with E-state index >= 15 is 0 Å². The maximum absolute atomic E-state index is 12.9. The van der Waals surface area contributed by atoms with Crippen molar-refractivity contribution in [2.75, 3.05) is 20.8 Å². The third-order valence-electron chi connectivity index (χ3n) is 4.30. The summed E-state index contributed by atoms with van der Waals surface area (Å²) in [5, 5.41) is 4.33. The van der Waals surface area contributed by atoms with Crippen molar-refractivity contribution in [2.45, 2.75) is 27.3 Å². The first-order valence-corrected chi connectivity index (χ1v) is 8.68. The molecule has 0 saturated carbocycles. The molecule has 0 unspecified atom stereocenters. The summed E-state index contributed by atoms with van der Waals surface area (Å²) >= 11 is 0. The smallest absolute Gasteiger partial charge is 0.293 e. The minimum atomic E-state index is -0.241. The van der Waals surface area contributed by atoms with E-state index in [0.717, 1.165) is 17.0 Å². The molecule has 0 radical (unpaired) electrons. The van der Waals surface area contributed by atoms with E-state index in [-0.39, 0.29) is 11.7 Å². The van der Waals surface area contributed by atoms with Crippen LogP contribution in [0.1, 0.15) is 34.5 Å². The number of amides is 1. The Bertz CT molecular complexity index is 983. The van der Waals surface area contributed by atoms with Gasteiger partial charge in [-0.1, -0.05) is 6.07 Å². The molecule has 0 aliphatic rings. The molecule has 3 aromatic rings. The molecule has 0 N–H and O–H groups in total. The Labute approximate surface area is 157 Å². The number of hydrogen-bond donors (Lipinski definition) is 0. The Morgan fingerprint density at radius 3 is 2.52 bits per heavy atom. The second-order valence-electron chi connectivity index (χ2n) is 6.19. The van der Waals surface area contributed by atoms with E-state index in [4.69, 9.17) is 9.47 Å². The first-order valence-electron chi connectivity index (χ1n) is 8.68. The van der Waals surface area contributed by atoms with Gasteiger partial charge in [0.2, 0.25) is 5.82 Å². The molecule has 142 valence electrons. The molecule has 0 bridgehead atoms. The lowest BCUT2D eigenvalue weighted by atomic mass is 10.2. The summed E-state index contributed by atoms with van der Waals surface area (Å²) in [4.78, 5) is 23.3. The number of nitrogens with zero attached hydrogens (tertiary/aromatic N) is 5. The van der Waals surface area contributed by atoms with E-state index < -0.39 is 0 Å². The van der Waals surface area contributed by atoms with Crippen molar-refractivity contribution < 1.29 is 14.3 Å². The summed E-state index contributed by atoms with van der Waals surface area (Å²) < 4.78 is 12.2. The number of carbonyl (C=O) groups is 1. The van der Waals surface area contributed by atoms with Gasteiger partial charge in [-0.15, -0.1) is 5.10 Å². The number of aromatic nitrogens is 4. The Morgan fingerprint density at radius 1 is 1.11 bits per heavy atom. The Hall–Kier alpha value is -3.16. The molecule has 8 heteroatoms. The molecule has 1 amide bonds. The zero-order valence-corrected chi connectivity index (χ0v) is 16.2. The van der Waals surface area contributed by atoms with Crippen LogP contribution in [0.5, 0.6) is 11.5 Å². The van der Waals surface area contributed by atoms with Crippen molar-refractivity contribution in [3.05, 3.63) is 47.0 Å². The lowest BCUT2D eigenvalue weighted by Gasteiger charge is -2.20. The number of aryl methyl sites for hydroxylation is 2.